The minimum absolute atomic E-state index is 0.115. The fourth-order valence-corrected chi connectivity index (χ4v) is 2.55. The molecule has 0 aliphatic heterocycles. The fourth-order valence-electron chi connectivity index (χ4n) is 2.55. The lowest BCUT2D eigenvalue weighted by Gasteiger charge is -2.16. The summed E-state index contributed by atoms with van der Waals surface area (Å²) >= 11 is 0. The number of anilines is 1. The minimum atomic E-state index is 0.115. The summed E-state index contributed by atoms with van der Waals surface area (Å²) in [7, 11) is 3.24. The van der Waals surface area contributed by atoms with Crippen molar-refractivity contribution in [2.24, 2.45) is 0 Å². The van der Waals surface area contributed by atoms with Crippen LogP contribution in [0.15, 0.2) is 48.7 Å². The predicted octanol–water partition coefficient (Wildman–Crippen LogP) is 3.82. The van der Waals surface area contributed by atoms with Gasteiger partial charge in [-0.3, -0.25) is 0 Å². The average Bonchev–Trinajstić information content (AvgIpc) is 2.61. The van der Waals surface area contributed by atoms with Crippen molar-refractivity contribution >= 4 is 16.6 Å². The van der Waals surface area contributed by atoms with E-state index in [1.165, 1.54) is 5.56 Å². The van der Waals surface area contributed by atoms with Crippen molar-refractivity contribution < 1.29 is 9.47 Å². The molecule has 5 nitrogen and oxygen atoms in total. The van der Waals surface area contributed by atoms with Gasteiger partial charge in [-0.25, -0.2) is 0 Å². The third-order valence-corrected chi connectivity index (χ3v) is 3.82. The van der Waals surface area contributed by atoms with Crippen LogP contribution < -0.4 is 14.8 Å². The van der Waals surface area contributed by atoms with E-state index in [4.69, 9.17) is 9.47 Å². The summed E-state index contributed by atoms with van der Waals surface area (Å²) in [5.41, 5.74) is 1.19. The molecule has 0 amide bonds. The molecule has 0 saturated carbocycles. The molecular weight excluding hydrogens is 290 g/mol. The first-order valence-corrected chi connectivity index (χ1v) is 7.42. The van der Waals surface area contributed by atoms with Crippen LogP contribution in [0.4, 0.5) is 5.82 Å². The molecule has 1 atom stereocenters. The Balaban J connectivity index is 2.00. The highest BCUT2D eigenvalue weighted by atomic mass is 16.5. The van der Waals surface area contributed by atoms with Crippen LogP contribution in [0, 0.1) is 0 Å². The third-order valence-electron chi connectivity index (χ3n) is 3.82. The summed E-state index contributed by atoms with van der Waals surface area (Å²) in [6, 6.07) is 14.2. The van der Waals surface area contributed by atoms with E-state index in [1.54, 1.807) is 20.4 Å². The summed E-state index contributed by atoms with van der Waals surface area (Å²) in [5.74, 6) is 2.07. The largest absolute Gasteiger partial charge is 0.493 e. The first kappa shape index (κ1) is 15.1. The van der Waals surface area contributed by atoms with E-state index < -0.39 is 0 Å². The van der Waals surface area contributed by atoms with E-state index in [-0.39, 0.29) is 6.04 Å². The molecule has 0 aliphatic carbocycles. The molecule has 1 aromatic heterocycles. The van der Waals surface area contributed by atoms with E-state index >= 15 is 0 Å². The van der Waals surface area contributed by atoms with Crippen LogP contribution in [0.2, 0.25) is 0 Å². The van der Waals surface area contributed by atoms with Crippen LogP contribution in [0.25, 0.3) is 10.8 Å². The number of hydrogen-bond acceptors (Lipinski definition) is 5. The van der Waals surface area contributed by atoms with E-state index in [9.17, 15) is 0 Å². The molecule has 3 aromatic rings. The second-order valence-corrected chi connectivity index (χ2v) is 5.26. The Bertz CT molecular complexity index is 806. The quantitative estimate of drug-likeness (QED) is 0.776. The number of methoxy groups -OCH3 is 2. The van der Waals surface area contributed by atoms with Crippen LogP contribution in [0.1, 0.15) is 18.5 Å². The monoisotopic (exact) mass is 309 g/mol. The molecule has 0 spiro atoms. The molecule has 0 unspecified atom stereocenters. The Morgan fingerprint density at radius 3 is 2.39 bits per heavy atom. The van der Waals surface area contributed by atoms with Crippen molar-refractivity contribution in [2.45, 2.75) is 13.0 Å². The average molecular weight is 309 g/mol. The predicted molar refractivity (Wildman–Crippen MR) is 91.1 cm³/mol. The highest BCUT2D eigenvalue weighted by Crippen LogP contribution is 2.34. The normalized spacial score (nSPS) is 12.0. The number of benzene rings is 2. The Labute approximate surface area is 135 Å². The van der Waals surface area contributed by atoms with Gasteiger partial charge in [-0.15, -0.1) is 5.10 Å². The lowest BCUT2D eigenvalue weighted by Crippen LogP contribution is -2.09. The van der Waals surface area contributed by atoms with E-state index in [0.29, 0.717) is 11.5 Å². The second kappa shape index (κ2) is 6.52. The molecule has 118 valence electrons. The lowest BCUT2D eigenvalue weighted by atomic mass is 10.1. The van der Waals surface area contributed by atoms with Crippen LogP contribution in [0.3, 0.4) is 0 Å². The van der Waals surface area contributed by atoms with Crippen molar-refractivity contribution in [1.82, 2.24) is 10.2 Å². The number of aromatic nitrogens is 2. The van der Waals surface area contributed by atoms with Crippen molar-refractivity contribution in [1.29, 1.82) is 0 Å². The Kier molecular flexibility index (Phi) is 4.28. The first-order chi connectivity index (χ1) is 11.2. The highest BCUT2D eigenvalue weighted by Gasteiger charge is 2.13. The van der Waals surface area contributed by atoms with Gasteiger partial charge < -0.3 is 14.8 Å². The maximum atomic E-state index is 5.39. The number of ether oxygens (including phenoxy) is 2. The van der Waals surface area contributed by atoms with Crippen molar-refractivity contribution in [3.05, 3.63) is 54.2 Å². The van der Waals surface area contributed by atoms with Crippen molar-refractivity contribution in [3.8, 4) is 11.5 Å². The van der Waals surface area contributed by atoms with Crippen molar-refractivity contribution in [2.75, 3.05) is 19.5 Å². The van der Waals surface area contributed by atoms with Crippen LogP contribution >= 0.6 is 0 Å². The number of fused-ring (bicyclic) bond motifs is 1. The van der Waals surface area contributed by atoms with Crippen LogP contribution in [0.5, 0.6) is 11.5 Å². The maximum Gasteiger partial charge on any atom is 0.161 e. The Hall–Kier alpha value is -2.82. The number of rotatable bonds is 5. The molecule has 0 fully saturated rings. The molecule has 23 heavy (non-hydrogen) atoms. The lowest BCUT2D eigenvalue weighted by molar-refractivity contribution is 0.356. The van der Waals surface area contributed by atoms with Gasteiger partial charge in [0.05, 0.1) is 26.5 Å². The van der Waals surface area contributed by atoms with Crippen molar-refractivity contribution in [3.63, 3.8) is 0 Å². The van der Waals surface area contributed by atoms with E-state index in [0.717, 1.165) is 16.6 Å². The zero-order valence-corrected chi connectivity index (χ0v) is 13.4. The number of hydrogen-bond donors (Lipinski definition) is 1. The molecule has 1 N–H and O–H groups in total. The molecule has 0 saturated heterocycles. The van der Waals surface area contributed by atoms with Crippen LogP contribution in [-0.4, -0.2) is 24.4 Å². The number of nitrogens with zero attached hydrogens (tertiary/aromatic N) is 2. The molecule has 2 aromatic carbocycles. The Morgan fingerprint density at radius 2 is 1.70 bits per heavy atom. The second-order valence-electron chi connectivity index (χ2n) is 5.26. The van der Waals surface area contributed by atoms with Gasteiger partial charge >= 0.3 is 0 Å². The smallest absolute Gasteiger partial charge is 0.161 e. The Morgan fingerprint density at radius 1 is 1.00 bits per heavy atom. The molecule has 0 bridgehead atoms. The third kappa shape index (κ3) is 3.04. The molecule has 5 heteroatoms. The van der Waals surface area contributed by atoms with Gasteiger partial charge in [0.15, 0.2) is 17.3 Å². The van der Waals surface area contributed by atoms with Crippen LogP contribution in [-0.2, 0) is 0 Å². The van der Waals surface area contributed by atoms with Gasteiger partial charge in [-0.2, -0.15) is 5.10 Å². The summed E-state index contributed by atoms with van der Waals surface area (Å²) in [6.45, 7) is 2.09. The molecule has 1 heterocycles. The fraction of sp³-hybridized carbons (Fsp3) is 0.222. The summed E-state index contributed by atoms with van der Waals surface area (Å²) in [4.78, 5) is 0. The topological polar surface area (TPSA) is 56.3 Å². The summed E-state index contributed by atoms with van der Waals surface area (Å²) < 4.78 is 10.7. The van der Waals surface area contributed by atoms with E-state index in [1.807, 2.05) is 30.3 Å². The first-order valence-electron chi connectivity index (χ1n) is 7.42. The van der Waals surface area contributed by atoms with Gasteiger partial charge in [-0.05, 0) is 24.6 Å². The van der Waals surface area contributed by atoms with Gasteiger partial charge in [0, 0.05) is 10.8 Å². The van der Waals surface area contributed by atoms with E-state index in [2.05, 4.69) is 34.6 Å². The van der Waals surface area contributed by atoms with Gasteiger partial charge in [0.2, 0.25) is 0 Å². The summed E-state index contributed by atoms with van der Waals surface area (Å²) in [5, 5.41) is 13.6. The van der Waals surface area contributed by atoms with Gasteiger partial charge in [0.1, 0.15) is 0 Å². The zero-order chi connectivity index (χ0) is 16.2. The SMILES string of the molecule is COc1cc2cnnc(N[C@H](C)c3ccccc3)c2cc1OC. The minimum Gasteiger partial charge on any atom is -0.493 e. The molecule has 0 aliphatic rings. The highest BCUT2D eigenvalue weighted by molar-refractivity contribution is 5.93. The van der Waals surface area contributed by atoms with Gasteiger partial charge in [0.25, 0.3) is 0 Å². The molecule has 0 radical (unpaired) electrons. The maximum absolute atomic E-state index is 5.39. The molecule has 3 rings (SSSR count). The summed E-state index contributed by atoms with van der Waals surface area (Å²) in [6.07, 6.45) is 1.72. The number of nitrogens with one attached hydrogen (secondary N) is 1. The molecular formula is C18H19N3O2. The standard InChI is InChI=1S/C18H19N3O2/c1-12(13-7-5-4-6-8-13)20-18-15-10-17(23-3)16(22-2)9-14(15)11-19-21-18/h4-12H,1-3H3,(H,20,21)/t12-/m1/s1. The van der Waals surface area contributed by atoms with Gasteiger partial charge in [-0.1, -0.05) is 30.3 Å². The zero-order valence-electron chi connectivity index (χ0n) is 13.4.